The van der Waals surface area contributed by atoms with Gasteiger partial charge in [-0.2, -0.15) is 0 Å². The first kappa shape index (κ1) is 16.4. The molecule has 0 unspecified atom stereocenters. The van der Waals surface area contributed by atoms with Crippen LogP contribution in [0.1, 0.15) is 53.4 Å². The van der Waals surface area contributed by atoms with Gasteiger partial charge in [-0.3, -0.25) is 4.79 Å². The first-order valence-corrected chi connectivity index (χ1v) is 11.9. The van der Waals surface area contributed by atoms with Gasteiger partial charge in [0.1, 0.15) is 5.78 Å². The highest BCUT2D eigenvalue weighted by Gasteiger charge is 2.60. The van der Waals surface area contributed by atoms with E-state index in [1.54, 1.807) is 0 Å². The third kappa shape index (κ3) is 2.19. The molecule has 3 aliphatic rings. The lowest BCUT2D eigenvalue weighted by molar-refractivity contribution is -0.154. The predicted octanol–water partition coefficient (Wildman–Crippen LogP) is 4.96. The highest BCUT2D eigenvalue weighted by molar-refractivity contribution is 6.74. The number of carbonyl (C=O) groups is 1. The fraction of sp³-hybridized carbons (Fsp3) is 0.842. The van der Waals surface area contributed by atoms with Gasteiger partial charge >= 0.3 is 0 Å². The molecular formula is C19H32O2Si. The van der Waals surface area contributed by atoms with Crippen LogP contribution in [0.5, 0.6) is 0 Å². The number of hydrogen-bond donors (Lipinski definition) is 0. The zero-order valence-corrected chi connectivity index (χ0v) is 16.1. The number of fused-ring (bicyclic) bond motifs is 6. The van der Waals surface area contributed by atoms with Crippen LogP contribution in [-0.4, -0.2) is 20.2 Å². The van der Waals surface area contributed by atoms with Crippen LogP contribution in [0.2, 0.25) is 18.1 Å². The number of hydrogen-bond acceptors (Lipinski definition) is 2. The van der Waals surface area contributed by atoms with Crippen molar-refractivity contribution in [2.75, 3.05) is 0 Å². The predicted molar refractivity (Wildman–Crippen MR) is 93.3 cm³/mol. The summed E-state index contributed by atoms with van der Waals surface area (Å²) >= 11 is 0. The maximum absolute atomic E-state index is 13.3. The summed E-state index contributed by atoms with van der Waals surface area (Å²) in [5.74, 6) is 1.73. The van der Waals surface area contributed by atoms with Gasteiger partial charge in [0.15, 0.2) is 8.32 Å². The number of rotatable bonds is 3. The summed E-state index contributed by atoms with van der Waals surface area (Å²) in [6, 6.07) is 0. The molecule has 0 N–H and O–H groups in total. The third-order valence-electron chi connectivity index (χ3n) is 7.20. The average molecular weight is 321 g/mol. The molecule has 0 aromatic rings. The first-order chi connectivity index (χ1) is 10.1. The van der Waals surface area contributed by atoms with E-state index in [9.17, 15) is 4.79 Å². The molecule has 0 aromatic heterocycles. The topological polar surface area (TPSA) is 26.3 Å². The molecule has 22 heavy (non-hydrogen) atoms. The second-order valence-electron chi connectivity index (χ2n) is 9.31. The van der Waals surface area contributed by atoms with Crippen LogP contribution in [0, 0.1) is 23.2 Å². The van der Waals surface area contributed by atoms with Gasteiger partial charge in [0, 0.05) is 5.92 Å². The van der Waals surface area contributed by atoms with E-state index in [4.69, 9.17) is 4.43 Å². The Morgan fingerprint density at radius 3 is 2.64 bits per heavy atom. The molecule has 5 atom stereocenters. The van der Waals surface area contributed by atoms with Crippen LogP contribution in [0.4, 0.5) is 0 Å². The molecular weight excluding hydrogens is 288 g/mol. The largest absolute Gasteiger partial charge is 0.413 e. The molecule has 2 nitrogen and oxygen atoms in total. The monoisotopic (exact) mass is 320 g/mol. The van der Waals surface area contributed by atoms with Crippen LogP contribution in [0.25, 0.3) is 0 Å². The quantitative estimate of drug-likeness (QED) is 0.543. The zero-order chi connectivity index (χ0) is 16.3. The first-order valence-electron chi connectivity index (χ1n) is 9.00. The van der Waals surface area contributed by atoms with E-state index in [1.165, 1.54) is 12.8 Å². The molecule has 2 fully saturated rings. The summed E-state index contributed by atoms with van der Waals surface area (Å²) in [5, 5.41) is 0.192. The van der Waals surface area contributed by atoms with Crippen molar-refractivity contribution in [3.05, 3.63) is 12.2 Å². The van der Waals surface area contributed by atoms with Crippen molar-refractivity contribution in [3.8, 4) is 0 Å². The lowest BCUT2D eigenvalue weighted by atomic mass is 9.53. The molecule has 0 amide bonds. The van der Waals surface area contributed by atoms with Crippen molar-refractivity contribution in [1.29, 1.82) is 0 Å². The van der Waals surface area contributed by atoms with Gasteiger partial charge in [0.2, 0.25) is 0 Å². The van der Waals surface area contributed by atoms with E-state index >= 15 is 0 Å². The van der Waals surface area contributed by atoms with E-state index in [1.807, 2.05) is 0 Å². The van der Waals surface area contributed by atoms with Crippen molar-refractivity contribution in [2.45, 2.75) is 77.6 Å². The Hall–Kier alpha value is -0.413. The summed E-state index contributed by atoms with van der Waals surface area (Å²) < 4.78 is 6.72. The van der Waals surface area contributed by atoms with E-state index in [2.05, 4.69) is 52.9 Å². The van der Waals surface area contributed by atoms with Crippen LogP contribution >= 0.6 is 0 Å². The fourth-order valence-corrected chi connectivity index (χ4v) is 6.27. The second kappa shape index (κ2) is 5.04. The van der Waals surface area contributed by atoms with Crippen LogP contribution in [-0.2, 0) is 9.22 Å². The molecule has 0 aromatic carbocycles. The Kier molecular flexibility index (Phi) is 3.77. The van der Waals surface area contributed by atoms with Crippen molar-refractivity contribution in [1.82, 2.24) is 0 Å². The average Bonchev–Trinajstić information content (AvgIpc) is 2.83. The third-order valence-corrected chi connectivity index (χ3v) is 11.8. The lowest BCUT2D eigenvalue weighted by Gasteiger charge is -2.53. The molecule has 2 saturated carbocycles. The molecule has 3 rings (SSSR count). The molecule has 124 valence electrons. The summed E-state index contributed by atoms with van der Waals surface area (Å²) in [4.78, 5) is 13.3. The van der Waals surface area contributed by atoms with Gasteiger partial charge in [-0.25, -0.2) is 0 Å². The summed E-state index contributed by atoms with van der Waals surface area (Å²) in [6.07, 6.45) is 9.23. The molecule has 0 saturated heterocycles. The van der Waals surface area contributed by atoms with Gasteiger partial charge in [0.05, 0.1) is 11.5 Å². The lowest BCUT2D eigenvalue weighted by Crippen LogP contribution is -2.58. The maximum atomic E-state index is 13.3. The van der Waals surface area contributed by atoms with E-state index < -0.39 is 8.32 Å². The Bertz CT molecular complexity index is 502. The van der Waals surface area contributed by atoms with Gasteiger partial charge in [-0.1, -0.05) is 39.3 Å². The SMILES string of the molecule is C[C@H](O[Si](C)(C)C(C)(C)C)[C@]12CCC[C@H](C1=O)[C@@H]1C=C[C@H]2C1. The zero-order valence-electron chi connectivity index (χ0n) is 15.1. The number of Topliss-reactive ketones (excluding diaryl/α,β-unsaturated/α-hetero) is 1. The van der Waals surface area contributed by atoms with Gasteiger partial charge < -0.3 is 4.43 Å². The van der Waals surface area contributed by atoms with E-state index in [0.717, 1.165) is 12.8 Å². The Morgan fingerprint density at radius 2 is 2.00 bits per heavy atom. The molecule has 3 aliphatic carbocycles. The van der Waals surface area contributed by atoms with E-state index in [-0.39, 0.29) is 22.5 Å². The minimum Gasteiger partial charge on any atom is -0.413 e. The molecule has 3 heteroatoms. The fourth-order valence-electron chi connectivity index (χ4n) is 4.83. The normalized spacial score (nSPS) is 39.2. The Balaban J connectivity index is 1.91. The van der Waals surface area contributed by atoms with Gasteiger partial charge in [-0.05, 0) is 56.2 Å². The molecule has 0 heterocycles. The van der Waals surface area contributed by atoms with Crippen molar-refractivity contribution in [2.24, 2.45) is 23.2 Å². The van der Waals surface area contributed by atoms with Crippen molar-refractivity contribution >= 4 is 14.1 Å². The number of carbonyl (C=O) groups excluding carboxylic acids is 1. The molecule has 0 spiro atoms. The standard InChI is InChI=1S/C19H32O2Si/c1-13(21-22(5,6)18(2,3)4)19-11-7-8-16(17(19)20)14-9-10-15(19)12-14/h9-10,13-16H,7-8,11-12H2,1-6H3/t13-,14+,15-,16-,19-/m0/s1. The summed E-state index contributed by atoms with van der Waals surface area (Å²) in [6.45, 7) is 13.6. The minimum absolute atomic E-state index is 0.0531. The molecule has 0 aliphatic heterocycles. The Labute approximate surface area is 136 Å². The smallest absolute Gasteiger partial charge is 0.192 e. The highest BCUT2D eigenvalue weighted by Crippen LogP contribution is 2.58. The highest BCUT2D eigenvalue weighted by atomic mass is 28.4. The van der Waals surface area contributed by atoms with Crippen molar-refractivity contribution in [3.63, 3.8) is 0 Å². The van der Waals surface area contributed by atoms with Gasteiger partial charge in [0.25, 0.3) is 0 Å². The maximum Gasteiger partial charge on any atom is 0.192 e. The Morgan fingerprint density at radius 1 is 1.32 bits per heavy atom. The minimum atomic E-state index is -1.85. The van der Waals surface area contributed by atoms with Crippen LogP contribution in [0.3, 0.4) is 0 Å². The molecule has 0 radical (unpaired) electrons. The summed E-state index contributed by atoms with van der Waals surface area (Å²) in [5.41, 5.74) is -0.234. The van der Waals surface area contributed by atoms with Crippen LogP contribution < -0.4 is 0 Å². The van der Waals surface area contributed by atoms with Crippen LogP contribution in [0.15, 0.2) is 12.2 Å². The summed E-state index contributed by atoms with van der Waals surface area (Å²) in [7, 11) is -1.85. The number of allylic oxidation sites excluding steroid dienone is 2. The molecule has 4 bridgehead atoms. The number of ketones is 1. The second-order valence-corrected chi connectivity index (χ2v) is 14.1. The van der Waals surface area contributed by atoms with Crippen molar-refractivity contribution < 1.29 is 9.22 Å². The van der Waals surface area contributed by atoms with E-state index in [0.29, 0.717) is 17.6 Å². The van der Waals surface area contributed by atoms with Gasteiger partial charge in [-0.15, -0.1) is 0 Å².